The van der Waals surface area contributed by atoms with Gasteiger partial charge >= 0.3 is 0 Å². The Hall–Kier alpha value is -1.51. The Morgan fingerprint density at radius 2 is 1.82 bits per heavy atom. The molecule has 0 aliphatic heterocycles. The van der Waals surface area contributed by atoms with Gasteiger partial charge in [-0.05, 0) is 38.8 Å². The number of benzene rings is 1. The van der Waals surface area contributed by atoms with Crippen LogP contribution in [0.15, 0.2) is 18.2 Å². The van der Waals surface area contributed by atoms with Gasteiger partial charge in [-0.15, -0.1) is 0 Å². The zero-order valence-corrected chi connectivity index (χ0v) is 11.3. The molecule has 3 nitrogen and oxygen atoms in total. The molecule has 3 heteroatoms. The number of hydrogen-bond acceptors (Lipinski definition) is 2. The van der Waals surface area contributed by atoms with Gasteiger partial charge < -0.3 is 9.64 Å². The highest BCUT2D eigenvalue weighted by atomic mass is 16.5. The summed E-state index contributed by atoms with van der Waals surface area (Å²) in [6.07, 6.45) is 0. The number of nitrogens with zero attached hydrogens (tertiary/aromatic N) is 1. The number of aryl methyl sites for hydroxylation is 2. The Morgan fingerprint density at radius 1 is 1.29 bits per heavy atom. The van der Waals surface area contributed by atoms with E-state index >= 15 is 0 Å². The molecule has 1 rings (SSSR count). The highest BCUT2D eigenvalue weighted by Crippen LogP contribution is 2.22. The Kier molecular flexibility index (Phi) is 4.55. The van der Waals surface area contributed by atoms with E-state index in [0.29, 0.717) is 0 Å². The van der Waals surface area contributed by atoms with Crippen LogP contribution in [0.4, 0.5) is 0 Å². The zero-order chi connectivity index (χ0) is 13.0. The van der Waals surface area contributed by atoms with Gasteiger partial charge in [0, 0.05) is 13.1 Å². The van der Waals surface area contributed by atoms with Crippen LogP contribution in [0.3, 0.4) is 0 Å². The molecule has 0 heterocycles. The van der Waals surface area contributed by atoms with Crippen molar-refractivity contribution in [3.8, 4) is 5.75 Å². The summed E-state index contributed by atoms with van der Waals surface area (Å²) in [6, 6.07) is 6.15. The van der Waals surface area contributed by atoms with Crippen molar-refractivity contribution in [1.82, 2.24) is 4.90 Å². The summed E-state index contributed by atoms with van der Waals surface area (Å²) >= 11 is 0. The van der Waals surface area contributed by atoms with E-state index in [0.717, 1.165) is 16.9 Å². The van der Waals surface area contributed by atoms with E-state index in [4.69, 9.17) is 4.74 Å². The van der Waals surface area contributed by atoms with Crippen molar-refractivity contribution in [2.45, 2.75) is 33.7 Å². The fraction of sp³-hybridized carbons (Fsp3) is 0.500. The van der Waals surface area contributed by atoms with Crippen molar-refractivity contribution in [3.63, 3.8) is 0 Å². The largest absolute Gasteiger partial charge is 0.483 e. The molecule has 94 valence electrons. The normalized spacial score (nSPS) is 10.5. The Balaban J connectivity index is 2.65. The number of para-hydroxylation sites is 1. The summed E-state index contributed by atoms with van der Waals surface area (Å²) in [5.41, 5.74) is 2.12. The predicted octanol–water partition coefficient (Wildman–Crippen LogP) is 2.55. The van der Waals surface area contributed by atoms with Crippen molar-refractivity contribution in [3.05, 3.63) is 29.3 Å². The van der Waals surface area contributed by atoms with Crippen molar-refractivity contribution in [2.24, 2.45) is 0 Å². The van der Waals surface area contributed by atoms with Gasteiger partial charge in [-0.1, -0.05) is 18.2 Å². The van der Waals surface area contributed by atoms with Crippen LogP contribution < -0.4 is 4.74 Å². The van der Waals surface area contributed by atoms with Crippen LogP contribution in [-0.4, -0.2) is 30.5 Å². The molecule has 0 atom stereocenters. The van der Waals surface area contributed by atoms with Crippen molar-refractivity contribution < 1.29 is 9.53 Å². The quantitative estimate of drug-likeness (QED) is 0.802. The molecule has 0 saturated carbocycles. The average Bonchev–Trinajstić information content (AvgIpc) is 2.26. The van der Waals surface area contributed by atoms with Crippen LogP contribution in [0.1, 0.15) is 25.0 Å². The van der Waals surface area contributed by atoms with Gasteiger partial charge in [-0.25, -0.2) is 0 Å². The molecule has 0 unspecified atom stereocenters. The lowest BCUT2D eigenvalue weighted by Gasteiger charge is -2.22. The zero-order valence-electron chi connectivity index (χ0n) is 11.3. The number of carbonyl (C=O) groups is 1. The molecule has 17 heavy (non-hydrogen) atoms. The average molecular weight is 235 g/mol. The van der Waals surface area contributed by atoms with Crippen LogP contribution in [0, 0.1) is 13.8 Å². The Bertz CT molecular complexity index is 379. The lowest BCUT2D eigenvalue weighted by molar-refractivity contribution is -0.133. The van der Waals surface area contributed by atoms with Gasteiger partial charge in [0.1, 0.15) is 5.75 Å². The molecule has 0 N–H and O–H groups in total. The number of amides is 1. The van der Waals surface area contributed by atoms with Gasteiger partial charge in [0.15, 0.2) is 6.61 Å². The predicted molar refractivity (Wildman–Crippen MR) is 69.3 cm³/mol. The van der Waals surface area contributed by atoms with E-state index in [-0.39, 0.29) is 18.6 Å². The summed E-state index contributed by atoms with van der Waals surface area (Å²) in [5, 5.41) is 0. The Morgan fingerprint density at radius 3 is 2.29 bits per heavy atom. The fourth-order valence-corrected chi connectivity index (χ4v) is 1.55. The van der Waals surface area contributed by atoms with E-state index in [9.17, 15) is 4.79 Å². The molecule has 0 bridgehead atoms. The third kappa shape index (κ3) is 3.48. The summed E-state index contributed by atoms with van der Waals surface area (Å²) in [6.45, 7) is 8.03. The van der Waals surface area contributed by atoms with E-state index < -0.39 is 0 Å². The first-order valence-electron chi connectivity index (χ1n) is 5.88. The van der Waals surface area contributed by atoms with Crippen LogP contribution in [0.2, 0.25) is 0 Å². The van der Waals surface area contributed by atoms with Crippen molar-refractivity contribution in [2.75, 3.05) is 13.7 Å². The Labute approximate surface area is 103 Å². The summed E-state index contributed by atoms with van der Waals surface area (Å²) in [7, 11) is 1.79. The number of ether oxygens (including phenoxy) is 1. The molecule has 1 aromatic rings. The van der Waals surface area contributed by atoms with Gasteiger partial charge in [-0.2, -0.15) is 0 Å². The lowest BCUT2D eigenvalue weighted by Crippen LogP contribution is -2.36. The maximum absolute atomic E-state index is 11.8. The van der Waals surface area contributed by atoms with Crippen molar-refractivity contribution >= 4 is 5.91 Å². The number of carbonyl (C=O) groups excluding carboxylic acids is 1. The number of hydrogen-bond donors (Lipinski definition) is 0. The van der Waals surface area contributed by atoms with E-state index in [1.807, 2.05) is 45.9 Å². The first kappa shape index (κ1) is 13.6. The molecule has 0 aromatic heterocycles. The van der Waals surface area contributed by atoms with Gasteiger partial charge in [0.25, 0.3) is 5.91 Å². The number of likely N-dealkylation sites (N-methyl/N-ethyl adjacent to an activating group) is 1. The summed E-state index contributed by atoms with van der Waals surface area (Å²) in [5.74, 6) is 0.820. The first-order chi connectivity index (χ1) is 7.93. The minimum atomic E-state index is 0.00246. The maximum Gasteiger partial charge on any atom is 0.260 e. The molecule has 1 aromatic carbocycles. The standard InChI is InChI=1S/C14H21NO2/c1-10(2)15(5)13(16)9-17-14-11(3)7-6-8-12(14)4/h6-8,10H,9H2,1-5H3. The molecule has 0 saturated heterocycles. The lowest BCUT2D eigenvalue weighted by atomic mass is 10.1. The highest BCUT2D eigenvalue weighted by Gasteiger charge is 2.13. The van der Waals surface area contributed by atoms with Crippen LogP contribution in [0.25, 0.3) is 0 Å². The minimum absolute atomic E-state index is 0.00246. The third-order valence-electron chi connectivity index (χ3n) is 2.92. The highest BCUT2D eigenvalue weighted by molar-refractivity contribution is 5.77. The van der Waals surface area contributed by atoms with Crippen LogP contribution >= 0.6 is 0 Å². The monoisotopic (exact) mass is 235 g/mol. The first-order valence-corrected chi connectivity index (χ1v) is 5.88. The van der Waals surface area contributed by atoms with Gasteiger partial charge in [0.2, 0.25) is 0 Å². The third-order valence-corrected chi connectivity index (χ3v) is 2.92. The van der Waals surface area contributed by atoms with Crippen LogP contribution in [0.5, 0.6) is 5.75 Å². The topological polar surface area (TPSA) is 29.5 Å². The molecular formula is C14H21NO2. The smallest absolute Gasteiger partial charge is 0.260 e. The summed E-state index contributed by atoms with van der Waals surface area (Å²) in [4.78, 5) is 13.5. The maximum atomic E-state index is 11.8. The SMILES string of the molecule is Cc1cccc(C)c1OCC(=O)N(C)C(C)C. The second kappa shape index (κ2) is 5.71. The summed E-state index contributed by atoms with van der Waals surface area (Å²) < 4.78 is 5.61. The number of rotatable bonds is 4. The molecule has 0 aliphatic carbocycles. The molecule has 0 spiro atoms. The van der Waals surface area contributed by atoms with Gasteiger partial charge in [0.05, 0.1) is 0 Å². The fourth-order valence-electron chi connectivity index (χ4n) is 1.55. The second-order valence-electron chi connectivity index (χ2n) is 4.61. The van der Waals surface area contributed by atoms with Crippen LogP contribution in [-0.2, 0) is 4.79 Å². The molecule has 0 radical (unpaired) electrons. The van der Waals surface area contributed by atoms with Gasteiger partial charge in [-0.3, -0.25) is 4.79 Å². The second-order valence-corrected chi connectivity index (χ2v) is 4.61. The molecule has 1 amide bonds. The molecule has 0 aliphatic rings. The van der Waals surface area contributed by atoms with E-state index in [1.54, 1.807) is 11.9 Å². The molecule has 0 fully saturated rings. The van der Waals surface area contributed by atoms with E-state index in [2.05, 4.69) is 0 Å². The van der Waals surface area contributed by atoms with Crippen molar-refractivity contribution in [1.29, 1.82) is 0 Å². The minimum Gasteiger partial charge on any atom is -0.483 e. The van der Waals surface area contributed by atoms with E-state index in [1.165, 1.54) is 0 Å². The molecular weight excluding hydrogens is 214 g/mol.